The molecule has 0 bridgehead atoms. The molecule has 1 aromatic carbocycles. The Morgan fingerprint density at radius 3 is 2.75 bits per heavy atom. The molecule has 1 aliphatic heterocycles. The minimum atomic E-state index is -0.755. The van der Waals surface area contributed by atoms with Gasteiger partial charge in [0.15, 0.2) is 6.10 Å². The molecule has 168 valence electrons. The largest absolute Gasteiger partial charge is 0.497 e. The second-order valence-corrected chi connectivity index (χ2v) is 8.01. The number of carbonyl (C=O) groups excluding carboxylic acids is 1. The van der Waals surface area contributed by atoms with E-state index in [4.69, 9.17) is 9.47 Å². The predicted octanol–water partition coefficient (Wildman–Crippen LogP) is 2.14. The van der Waals surface area contributed by atoms with E-state index in [0.29, 0.717) is 28.6 Å². The van der Waals surface area contributed by atoms with Crippen molar-refractivity contribution in [1.82, 2.24) is 25.4 Å². The van der Waals surface area contributed by atoms with Crippen LogP contribution in [0.3, 0.4) is 0 Å². The molecule has 1 amide bonds. The maximum Gasteiger partial charge on any atom is 0.259 e. The maximum absolute atomic E-state index is 12.8. The summed E-state index contributed by atoms with van der Waals surface area (Å²) in [4.78, 5) is 19.1. The van der Waals surface area contributed by atoms with Crippen molar-refractivity contribution < 1.29 is 14.3 Å². The number of ether oxygens (including phenoxy) is 2. The molecule has 0 radical (unpaired) electrons. The molecule has 2 aromatic heterocycles. The first-order valence-electron chi connectivity index (χ1n) is 10.2. The summed E-state index contributed by atoms with van der Waals surface area (Å²) < 4.78 is 10.8. The molecule has 0 unspecified atom stereocenters. The lowest BCUT2D eigenvalue weighted by molar-refractivity contribution is -0.127. The molecule has 32 heavy (non-hydrogen) atoms. The number of nitrogens with one attached hydrogen (secondary N) is 2. The molecule has 2 atom stereocenters. The quantitative estimate of drug-likeness (QED) is 0.494. The number of benzene rings is 1. The highest BCUT2D eigenvalue weighted by Gasteiger charge is 2.26. The van der Waals surface area contributed by atoms with E-state index in [1.165, 1.54) is 11.3 Å². The molecule has 1 aliphatic rings. The fourth-order valence-electron chi connectivity index (χ4n) is 3.39. The van der Waals surface area contributed by atoms with Gasteiger partial charge in [-0.2, -0.15) is 5.10 Å². The zero-order valence-electron chi connectivity index (χ0n) is 17.8. The lowest BCUT2D eigenvalue weighted by atomic mass is 10.1. The lowest BCUT2D eigenvalue weighted by Gasteiger charge is -2.16. The van der Waals surface area contributed by atoms with E-state index in [1.54, 1.807) is 31.6 Å². The van der Waals surface area contributed by atoms with Crippen LogP contribution in [0.1, 0.15) is 25.0 Å². The summed E-state index contributed by atoms with van der Waals surface area (Å²) in [5.41, 5.74) is 0.733. The fraction of sp³-hybridized carbons (Fsp3) is 0.400. The smallest absolute Gasteiger partial charge is 0.259 e. The Labute approximate surface area is 189 Å². The second-order valence-electron chi connectivity index (χ2n) is 7.03. The van der Waals surface area contributed by atoms with Crippen molar-refractivity contribution >= 4 is 33.5 Å². The van der Waals surface area contributed by atoms with E-state index in [-0.39, 0.29) is 11.9 Å². The van der Waals surface area contributed by atoms with E-state index < -0.39 is 6.10 Å². The number of hydrogen-bond acceptors (Lipinski definition) is 11. The number of nitrogens with zero attached hydrogens (tertiary/aromatic N) is 6. The zero-order valence-corrected chi connectivity index (χ0v) is 18.6. The Morgan fingerprint density at radius 2 is 2.03 bits per heavy atom. The van der Waals surface area contributed by atoms with Crippen LogP contribution in [0.2, 0.25) is 0 Å². The first kappa shape index (κ1) is 21.8. The Hall–Kier alpha value is -3.38. The molecule has 2 N–H and O–H groups in total. The highest BCUT2D eigenvalue weighted by Crippen LogP contribution is 2.26. The molecule has 3 aromatic rings. The van der Waals surface area contributed by atoms with Crippen LogP contribution in [0.15, 0.2) is 36.7 Å². The molecule has 3 heterocycles. The van der Waals surface area contributed by atoms with Gasteiger partial charge in [-0.05, 0) is 31.0 Å². The van der Waals surface area contributed by atoms with Gasteiger partial charge < -0.3 is 19.7 Å². The summed E-state index contributed by atoms with van der Waals surface area (Å²) in [6, 6.07) is 7.38. The van der Waals surface area contributed by atoms with Gasteiger partial charge in [-0.15, -0.1) is 15.3 Å². The second kappa shape index (κ2) is 10.3. The number of rotatable bonds is 9. The zero-order chi connectivity index (χ0) is 22.3. The average molecular weight is 457 g/mol. The summed E-state index contributed by atoms with van der Waals surface area (Å²) in [5, 5.41) is 23.4. The van der Waals surface area contributed by atoms with Gasteiger partial charge in [0.25, 0.3) is 5.91 Å². The predicted molar refractivity (Wildman–Crippen MR) is 120 cm³/mol. The lowest BCUT2D eigenvalue weighted by Crippen LogP contribution is -2.27. The van der Waals surface area contributed by atoms with Crippen LogP contribution in [-0.4, -0.2) is 64.1 Å². The first-order chi connectivity index (χ1) is 15.7. The fourth-order valence-corrected chi connectivity index (χ4v) is 4.12. The molecule has 1 fully saturated rings. The van der Waals surface area contributed by atoms with Crippen molar-refractivity contribution in [3.63, 3.8) is 0 Å². The van der Waals surface area contributed by atoms with Crippen LogP contribution in [0, 0.1) is 0 Å². The Kier molecular flexibility index (Phi) is 7.02. The molecular weight excluding hydrogens is 432 g/mol. The SMILES string of the molecule is CCO[C@@H](C(=O)Nc1nnc(N[C@@H]2CCN(c3nccnn3)C2)s1)c1ccc(OC)cc1. The van der Waals surface area contributed by atoms with Crippen molar-refractivity contribution in [3.8, 4) is 5.75 Å². The highest BCUT2D eigenvalue weighted by molar-refractivity contribution is 7.19. The van der Waals surface area contributed by atoms with Crippen molar-refractivity contribution in [2.75, 3.05) is 42.3 Å². The highest BCUT2D eigenvalue weighted by atomic mass is 32.1. The molecule has 0 saturated carbocycles. The summed E-state index contributed by atoms with van der Waals surface area (Å²) in [6.45, 7) is 3.80. The Bertz CT molecular complexity index is 1020. The maximum atomic E-state index is 12.8. The Morgan fingerprint density at radius 1 is 1.22 bits per heavy atom. The third kappa shape index (κ3) is 5.26. The van der Waals surface area contributed by atoms with Crippen molar-refractivity contribution in [3.05, 3.63) is 42.2 Å². The van der Waals surface area contributed by atoms with E-state index in [0.717, 1.165) is 25.1 Å². The van der Waals surface area contributed by atoms with Gasteiger partial charge in [0.05, 0.1) is 19.5 Å². The number of hydrogen-bond donors (Lipinski definition) is 2. The summed E-state index contributed by atoms with van der Waals surface area (Å²) in [5.74, 6) is 1.02. The molecule has 0 aliphatic carbocycles. The number of amides is 1. The Balaban J connectivity index is 1.35. The van der Waals surface area contributed by atoms with Crippen molar-refractivity contribution in [2.45, 2.75) is 25.5 Å². The summed E-state index contributed by atoms with van der Waals surface area (Å²) >= 11 is 1.28. The van der Waals surface area contributed by atoms with Gasteiger partial charge in [-0.3, -0.25) is 10.1 Å². The average Bonchev–Trinajstić information content (AvgIpc) is 3.48. The van der Waals surface area contributed by atoms with Crippen molar-refractivity contribution in [2.24, 2.45) is 0 Å². The van der Waals surface area contributed by atoms with E-state index >= 15 is 0 Å². The number of anilines is 3. The van der Waals surface area contributed by atoms with Gasteiger partial charge in [-0.1, -0.05) is 23.5 Å². The topological polar surface area (TPSA) is 127 Å². The van der Waals surface area contributed by atoms with Gasteiger partial charge in [0, 0.05) is 25.7 Å². The number of carbonyl (C=O) groups is 1. The van der Waals surface area contributed by atoms with Crippen molar-refractivity contribution in [1.29, 1.82) is 0 Å². The summed E-state index contributed by atoms with van der Waals surface area (Å²) in [7, 11) is 1.60. The van der Waals surface area contributed by atoms with Crippen LogP contribution in [-0.2, 0) is 9.53 Å². The van der Waals surface area contributed by atoms with Gasteiger partial charge in [-0.25, -0.2) is 4.98 Å². The minimum absolute atomic E-state index is 0.172. The third-order valence-corrected chi connectivity index (χ3v) is 5.68. The molecule has 1 saturated heterocycles. The number of methoxy groups -OCH3 is 1. The molecular formula is C20H24N8O3S. The standard InChI is InChI=1S/C20H24N8O3S/c1-3-31-16(13-4-6-15(30-2)7-5-13)17(29)24-20-27-26-19(32-20)23-14-8-11-28(12-14)18-21-9-10-22-25-18/h4-7,9-10,14,16H,3,8,11-12H2,1-2H3,(H,23,26)(H,24,27,29)/t14-,16-/m1/s1. The minimum Gasteiger partial charge on any atom is -0.497 e. The molecule has 12 heteroatoms. The monoisotopic (exact) mass is 456 g/mol. The first-order valence-corrected chi connectivity index (χ1v) is 11.0. The van der Waals surface area contributed by atoms with E-state index in [2.05, 4.69) is 40.9 Å². The summed E-state index contributed by atoms with van der Waals surface area (Å²) in [6.07, 6.45) is 3.33. The molecule has 0 spiro atoms. The number of aromatic nitrogens is 5. The van der Waals surface area contributed by atoms with Crippen LogP contribution in [0.25, 0.3) is 0 Å². The van der Waals surface area contributed by atoms with Crippen LogP contribution in [0.4, 0.5) is 16.2 Å². The van der Waals surface area contributed by atoms with Gasteiger partial charge >= 0.3 is 0 Å². The molecule has 11 nitrogen and oxygen atoms in total. The van der Waals surface area contributed by atoms with Gasteiger partial charge in [0.1, 0.15) is 5.75 Å². The third-order valence-electron chi connectivity index (χ3n) is 4.91. The van der Waals surface area contributed by atoms with E-state index in [9.17, 15) is 4.79 Å². The van der Waals surface area contributed by atoms with Gasteiger partial charge in [0.2, 0.25) is 16.2 Å². The van der Waals surface area contributed by atoms with E-state index in [1.807, 2.05) is 19.1 Å². The molecule has 4 rings (SSSR count). The normalized spacial score (nSPS) is 16.6. The van der Waals surface area contributed by atoms with Crippen LogP contribution >= 0.6 is 11.3 Å². The van der Waals surface area contributed by atoms with Crippen LogP contribution in [0.5, 0.6) is 5.75 Å². The van der Waals surface area contributed by atoms with Crippen LogP contribution < -0.4 is 20.3 Å².